The summed E-state index contributed by atoms with van der Waals surface area (Å²) in [4.78, 5) is 22.5. The predicted molar refractivity (Wildman–Crippen MR) is 61.8 cm³/mol. The number of aldehydes is 1. The monoisotopic (exact) mass is 233 g/mol. The quantitative estimate of drug-likeness (QED) is 0.435. The summed E-state index contributed by atoms with van der Waals surface area (Å²) in [5.41, 5.74) is 3.55. The molecule has 4 nitrogen and oxygen atoms in total. The van der Waals surface area contributed by atoms with Crippen LogP contribution in [0.25, 0.3) is 0 Å². The molecule has 15 heavy (non-hydrogen) atoms. The molecular formula is C10H19NO3S. The standard InChI is InChI=1S/C10H19NO3S/c1-9(2,3)14-8(13)10(11,7-12)5-6-15-4/h7H,5-6,11H2,1-4H3/t10-/m0/s1. The van der Waals surface area contributed by atoms with Crippen molar-refractivity contribution in [2.75, 3.05) is 12.0 Å². The molecule has 0 aromatic rings. The van der Waals surface area contributed by atoms with Crippen LogP contribution < -0.4 is 5.73 Å². The molecule has 88 valence electrons. The van der Waals surface area contributed by atoms with Gasteiger partial charge in [0.15, 0.2) is 11.8 Å². The summed E-state index contributed by atoms with van der Waals surface area (Å²) in [6, 6.07) is 0. The summed E-state index contributed by atoms with van der Waals surface area (Å²) in [6.07, 6.45) is 2.66. The van der Waals surface area contributed by atoms with Crippen molar-refractivity contribution in [1.82, 2.24) is 0 Å². The Kier molecular flexibility index (Phi) is 5.31. The first kappa shape index (κ1) is 14.5. The second-order valence-corrected chi connectivity index (χ2v) is 5.39. The highest BCUT2D eigenvalue weighted by atomic mass is 32.2. The molecule has 0 bridgehead atoms. The van der Waals surface area contributed by atoms with Crippen molar-refractivity contribution >= 4 is 24.0 Å². The van der Waals surface area contributed by atoms with Crippen LogP contribution in [-0.4, -0.2) is 35.4 Å². The first-order chi connectivity index (χ1) is 6.75. The number of carbonyl (C=O) groups is 2. The zero-order valence-corrected chi connectivity index (χ0v) is 10.5. The maximum absolute atomic E-state index is 11.6. The van der Waals surface area contributed by atoms with Gasteiger partial charge in [-0.3, -0.25) is 0 Å². The molecule has 0 radical (unpaired) electrons. The molecular weight excluding hydrogens is 214 g/mol. The maximum Gasteiger partial charge on any atom is 0.334 e. The number of carbonyl (C=O) groups excluding carboxylic acids is 2. The Bertz CT molecular complexity index is 237. The molecule has 0 aromatic heterocycles. The average molecular weight is 233 g/mol. The lowest BCUT2D eigenvalue weighted by atomic mass is 9.99. The third kappa shape index (κ3) is 5.18. The summed E-state index contributed by atoms with van der Waals surface area (Å²) >= 11 is 1.53. The summed E-state index contributed by atoms with van der Waals surface area (Å²) in [6.45, 7) is 5.22. The fraction of sp³-hybridized carbons (Fsp3) is 0.800. The third-order valence-electron chi connectivity index (χ3n) is 1.71. The van der Waals surface area contributed by atoms with Crippen LogP contribution in [-0.2, 0) is 14.3 Å². The molecule has 0 heterocycles. The Hall–Kier alpha value is -0.550. The summed E-state index contributed by atoms with van der Waals surface area (Å²) in [7, 11) is 0. The smallest absolute Gasteiger partial charge is 0.334 e. The average Bonchev–Trinajstić information content (AvgIpc) is 2.11. The topological polar surface area (TPSA) is 69.4 Å². The fourth-order valence-corrected chi connectivity index (χ4v) is 1.40. The van der Waals surface area contributed by atoms with Crippen LogP contribution in [0.5, 0.6) is 0 Å². The van der Waals surface area contributed by atoms with Gasteiger partial charge in [0.25, 0.3) is 0 Å². The predicted octanol–water partition coefficient (Wildman–Crippen LogP) is 0.978. The van der Waals surface area contributed by atoms with E-state index in [1.54, 1.807) is 20.8 Å². The lowest BCUT2D eigenvalue weighted by Crippen LogP contribution is -2.52. The molecule has 0 unspecified atom stereocenters. The highest BCUT2D eigenvalue weighted by Crippen LogP contribution is 2.15. The van der Waals surface area contributed by atoms with Gasteiger partial charge in [-0.05, 0) is 39.2 Å². The van der Waals surface area contributed by atoms with E-state index >= 15 is 0 Å². The number of nitrogens with two attached hydrogens (primary N) is 1. The van der Waals surface area contributed by atoms with E-state index < -0.39 is 17.1 Å². The molecule has 0 rings (SSSR count). The van der Waals surface area contributed by atoms with Crippen molar-refractivity contribution in [2.45, 2.75) is 38.3 Å². The Morgan fingerprint density at radius 2 is 2.00 bits per heavy atom. The van der Waals surface area contributed by atoms with Crippen LogP contribution in [0.1, 0.15) is 27.2 Å². The van der Waals surface area contributed by atoms with Crippen molar-refractivity contribution in [1.29, 1.82) is 0 Å². The second kappa shape index (κ2) is 5.51. The van der Waals surface area contributed by atoms with Gasteiger partial charge in [-0.25, -0.2) is 4.79 Å². The number of ether oxygens (including phenoxy) is 1. The number of thioether (sulfide) groups is 1. The zero-order valence-electron chi connectivity index (χ0n) is 9.70. The van der Waals surface area contributed by atoms with Gasteiger partial charge in [0.1, 0.15) is 5.60 Å². The molecule has 2 N–H and O–H groups in total. The second-order valence-electron chi connectivity index (χ2n) is 4.40. The lowest BCUT2D eigenvalue weighted by molar-refractivity contribution is -0.162. The van der Waals surface area contributed by atoms with E-state index in [4.69, 9.17) is 10.5 Å². The Balaban J connectivity index is 4.51. The van der Waals surface area contributed by atoms with E-state index in [0.29, 0.717) is 18.5 Å². The van der Waals surface area contributed by atoms with Crippen molar-refractivity contribution in [3.8, 4) is 0 Å². The third-order valence-corrected chi connectivity index (χ3v) is 2.32. The van der Waals surface area contributed by atoms with E-state index in [1.807, 2.05) is 6.26 Å². The molecule has 5 heteroatoms. The molecule has 0 amide bonds. The van der Waals surface area contributed by atoms with E-state index in [1.165, 1.54) is 11.8 Å². The van der Waals surface area contributed by atoms with E-state index in [9.17, 15) is 9.59 Å². The van der Waals surface area contributed by atoms with E-state index in [-0.39, 0.29) is 0 Å². The number of esters is 1. The SMILES string of the molecule is CSCC[C@](N)(C=O)C(=O)OC(C)(C)C. The van der Waals surface area contributed by atoms with Crippen molar-refractivity contribution < 1.29 is 14.3 Å². The molecule has 0 aromatic carbocycles. The van der Waals surface area contributed by atoms with Gasteiger partial charge in [0.05, 0.1) is 0 Å². The molecule has 0 aliphatic carbocycles. The zero-order chi connectivity index (χ0) is 12.1. The maximum atomic E-state index is 11.6. The van der Waals surface area contributed by atoms with Gasteiger partial charge in [-0.1, -0.05) is 0 Å². The first-order valence-corrected chi connectivity index (χ1v) is 6.12. The van der Waals surface area contributed by atoms with Gasteiger partial charge < -0.3 is 15.3 Å². The van der Waals surface area contributed by atoms with Gasteiger partial charge in [0.2, 0.25) is 0 Å². The van der Waals surface area contributed by atoms with Crippen LogP contribution in [0.4, 0.5) is 0 Å². The van der Waals surface area contributed by atoms with Crippen molar-refractivity contribution in [3.63, 3.8) is 0 Å². The molecule has 0 saturated heterocycles. The van der Waals surface area contributed by atoms with E-state index in [2.05, 4.69) is 0 Å². The molecule has 0 saturated carbocycles. The van der Waals surface area contributed by atoms with Crippen LogP contribution in [0.3, 0.4) is 0 Å². The van der Waals surface area contributed by atoms with Crippen LogP contribution >= 0.6 is 11.8 Å². The molecule has 0 aliphatic heterocycles. The highest BCUT2D eigenvalue weighted by molar-refractivity contribution is 7.98. The van der Waals surface area contributed by atoms with E-state index in [0.717, 1.165) is 0 Å². The fourth-order valence-electron chi connectivity index (χ4n) is 0.853. The minimum Gasteiger partial charge on any atom is -0.458 e. The number of rotatable bonds is 5. The van der Waals surface area contributed by atoms with Crippen LogP contribution in [0.2, 0.25) is 0 Å². The molecule has 0 spiro atoms. The molecule has 0 fully saturated rings. The van der Waals surface area contributed by atoms with Crippen molar-refractivity contribution in [3.05, 3.63) is 0 Å². The summed E-state index contributed by atoms with van der Waals surface area (Å²) in [5, 5.41) is 0. The lowest BCUT2D eigenvalue weighted by Gasteiger charge is -2.27. The normalized spacial score (nSPS) is 15.5. The van der Waals surface area contributed by atoms with Gasteiger partial charge in [-0.15, -0.1) is 0 Å². The van der Waals surface area contributed by atoms with Crippen LogP contribution in [0, 0.1) is 0 Å². The molecule has 1 atom stereocenters. The summed E-state index contributed by atoms with van der Waals surface area (Å²) < 4.78 is 5.09. The number of hydrogen-bond acceptors (Lipinski definition) is 5. The minimum absolute atomic E-state index is 0.298. The van der Waals surface area contributed by atoms with Gasteiger partial charge in [-0.2, -0.15) is 11.8 Å². The number of hydrogen-bond donors (Lipinski definition) is 1. The Morgan fingerprint density at radius 1 is 1.47 bits per heavy atom. The summed E-state index contributed by atoms with van der Waals surface area (Å²) in [5.74, 6) is -0.00635. The van der Waals surface area contributed by atoms with Gasteiger partial charge >= 0.3 is 5.97 Å². The Morgan fingerprint density at radius 3 is 2.33 bits per heavy atom. The van der Waals surface area contributed by atoms with Gasteiger partial charge in [0, 0.05) is 0 Å². The molecule has 0 aliphatic rings. The first-order valence-electron chi connectivity index (χ1n) is 4.73. The van der Waals surface area contributed by atoms with Crippen molar-refractivity contribution in [2.24, 2.45) is 5.73 Å². The minimum atomic E-state index is -1.50. The van der Waals surface area contributed by atoms with Crippen LogP contribution in [0.15, 0.2) is 0 Å². The Labute approximate surface area is 94.9 Å². The largest absolute Gasteiger partial charge is 0.458 e. The highest BCUT2D eigenvalue weighted by Gasteiger charge is 2.37.